The molecule has 0 saturated carbocycles. The number of hydrogen-bond acceptors (Lipinski definition) is 2. The van der Waals surface area contributed by atoms with Gasteiger partial charge in [0.2, 0.25) is 5.91 Å². The summed E-state index contributed by atoms with van der Waals surface area (Å²) in [6, 6.07) is 0. The van der Waals surface area contributed by atoms with Crippen LogP contribution >= 0.6 is 7.60 Å². The molecule has 0 unspecified atom stereocenters. The summed E-state index contributed by atoms with van der Waals surface area (Å²) >= 11 is 0. The number of unbranched alkanes of at least 4 members (excludes halogenated alkanes) is 11. The topological polar surface area (TPSA) is 86.6 Å². The maximum absolute atomic E-state index is 11.6. The van der Waals surface area contributed by atoms with E-state index >= 15 is 0 Å². The van der Waals surface area contributed by atoms with Gasteiger partial charge in [-0.05, 0) is 38.5 Å². The molecular formula is C21H42NO4P. The molecule has 0 bridgehead atoms. The molecule has 0 aromatic carbocycles. The molecule has 0 aliphatic rings. The molecule has 0 radical (unpaired) electrons. The van der Waals surface area contributed by atoms with Gasteiger partial charge >= 0.3 is 7.60 Å². The Balaban J connectivity index is 3.27. The van der Waals surface area contributed by atoms with Gasteiger partial charge in [-0.25, -0.2) is 0 Å². The zero-order valence-corrected chi connectivity index (χ0v) is 18.2. The molecule has 160 valence electrons. The van der Waals surface area contributed by atoms with Crippen molar-refractivity contribution in [3.63, 3.8) is 0 Å². The first kappa shape index (κ1) is 26.4. The van der Waals surface area contributed by atoms with Crippen LogP contribution in [0.25, 0.3) is 0 Å². The summed E-state index contributed by atoms with van der Waals surface area (Å²) in [6.07, 6.45) is 21.4. The lowest BCUT2D eigenvalue weighted by Gasteiger charge is -2.06. The van der Waals surface area contributed by atoms with E-state index in [4.69, 9.17) is 9.79 Å². The third-order valence-electron chi connectivity index (χ3n) is 4.61. The maximum Gasteiger partial charge on any atom is 0.325 e. The number of carbonyl (C=O) groups excluding carboxylic acids is 1. The first-order valence-electron chi connectivity index (χ1n) is 10.9. The Bertz CT molecular complexity index is 420. The molecule has 5 nitrogen and oxygen atoms in total. The standard InChI is InChI=1S/C21H42NO4P/c1-2-3-4-5-6-7-8-9-10-11-12-13-14-15-16-18-21(23)22-19-17-20-27(24,25)26/h9-10H,2-8,11-20H2,1H3,(H,22,23)(H2,24,25,26). The quantitative estimate of drug-likeness (QED) is 0.146. The van der Waals surface area contributed by atoms with E-state index in [1.807, 2.05) is 0 Å². The van der Waals surface area contributed by atoms with Gasteiger partial charge in [0, 0.05) is 13.0 Å². The summed E-state index contributed by atoms with van der Waals surface area (Å²) < 4.78 is 10.7. The molecule has 0 aromatic heterocycles. The Morgan fingerprint density at radius 1 is 0.815 bits per heavy atom. The van der Waals surface area contributed by atoms with Crippen molar-refractivity contribution in [2.75, 3.05) is 12.7 Å². The first-order chi connectivity index (χ1) is 13.0. The zero-order chi connectivity index (χ0) is 20.2. The van der Waals surface area contributed by atoms with Crippen molar-refractivity contribution in [1.82, 2.24) is 5.32 Å². The smallest absolute Gasteiger partial charge is 0.325 e. The van der Waals surface area contributed by atoms with Gasteiger partial charge in [-0.2, -0.15) is 0 Å². The highest BCUT2D eigenvalue weighted by atomic mass is 31.2. The Labute approximate surface area is 166 Å². The minimum atomic E-state index is -3.94. The fourth-order valence-electron chi connectivity index (χ4n) is 2.96. The summed E-state index contributed by atoms with van der Waals surface area (Å²) in [4.78, 5) is 29.0. The molecule has 0 atom stereocenters. The third kappa shape index (κ3) is 23.3. The summed E-state index contributed by atoms with van der Waals surface area (Å²) in [5.41, 5.74) is 0. The predicted molar refractivity (Wildman–Crippen MR) is 114 cm³/mol. The van der Waals surface area contributed by atoms with Gasteiger partial charge in [0.1, 0.15) is 0 Å². The van der Waals surface area contributed by atoms with Crippen molar-refractivity contribution in [1.29, 1.82) is 0 Å². The van der Waals surface area contributed by atoms with E-state index < -0.39 is 7.60 Å². The van der Waals surface area contributed by atoms with Gasteiger partial charge in [0.05, 0.1) is 6.16 Å². The van der Waals surface area contributed by atoms with E-state index in [1.54, 1.807) is 0 Å². The molecule has 0 aromatic rings. The van der Waals surface area contributed by atoms with E-state index in [2.05, 4.69) is 24.4 Å². The molecule has 27 heavy (non-hydrogen) atoms. The van der Waals surface area contributed by atoms with E-state index in [9.17, 15) is 9.36 Å². The molecule has 6 heteroatoms. The highest BCUT2D eigenvalue weighted by Gasteiger charge is 2.11. The third-order valence-corrected chi connectivity index (χ3v) is 5.51. The lowest BCUT2D eigenvalue weighted by molar-refractivity contribution is -0.121. The molecule has 3 N–H and O–H groups in total. The molecule has 0 rings (SSSR count). The predicted octanol–water partition coefficient (Wildman–Crippen LogP) is 5.71. The van der Waals surface area contributed by atoms with Crippen LogP contribution in [0, 0.1) is 0 Å². The van der Waals surface area contributed by atoms with Crippen LogP contribution in [0.15, 0.2) is 12.2 Å². The minimum Gasteiger partial charge on any atom is -0.356 e. The van der Waals surface area contributed by atoms with Crippen molar-refractivity contribution in [3.05, 3.63) is 12.2 Å². The van der Waals surface area contributed by atoms with Crippen LogP contribution in [0.2, 0.25) is 0 Å². The highest BCUT2D eigenvalue weighted by Crippen LogP contribution is 2.34. The fourth-order valence-corrected chi connectivity index (χ4v) is 3.53. The molecule has 0 aliphatic carbocycles. The van der Waals surface area contributed by atoms with Crippen LogP contribution in [0.1, 0.15) is 103 Å². The van der Waals surface area contributed by atoms with E-state index in [0.29, 0.717) is 19.4 Å². The molecule has 0 aliphatic heterocycles. The maximum atomic E-state index is 11.6. The molecule has 0 fully saturated rings. The van der Waals surface area contributed by atoms with Gasteiger partial charge < -0.3 is 15.1 Å². The summed E-state index contributed by atoms with van der Waals surface area (Å²) in [6.45, 7) is 2.59. The summed E-state index contributed by atoms with van der Waals surface area (Å²) in [5, 5.41) is 2.71. The number of amides is 1. The Morgan fingerprint density at radius 2 is 1.33 bits per heavy atom. The zero-order valence-electron chi connectivity index (χ0n) is 17.3. The lowest BCUT2D eigenvalue weighted by atomic mass is 10.1. The van der Waals surface area contributed by atoms with Crippen LogP contribution in [-0.2, 0) is 9.36 Å². The van der Waals surface area contributed by atoms with E-state index in [0.717, 1.165) is 25.7 Å². The van der Waals surface area contributed by atoms with Crippen molar-refractivity contribution >= 4 is 13.5 Å². The lowest BCUT2D eigenvalue weighted by Crippen LogP contribution is -2.24. The Kier molecular flexibility index (Phi) is 18.3. The molecule has 0 saturated heterocycles. The Hall–Kier alpha value is -0.640. The first-order valence-corrected chi connectivity index (χ1v) is 12.7. The van der Waals surface area contributed by atoms with Crippen LogP contribution < -0.4 is 5.32 Å². The number of nitrogens with one attached hydrogen (secondary N) is 1. The number of hydrogen-bond donors (Lipinski definition) is 3. The number of rotatable bonds is 19. The van der Waals surface area contributed by atoms with Crippen LogP contribution in [0.3, 0.4) is 0 Å². The summed E-state index contributed by atoms with van der Waals surface area (Å²) in [7, 11) is -3.94. The van der Waals surface area contributed by atoms with Crippen molar-refractivity contribution in [2.45, 2.75) is 103 Å². The van der Waals surface area contributed by atoms with Crippen molar-refractivity contribution in [3.8, 4) is 0 Å². The van der Waals surface area contributed by atoms with Gasteiger partial charge in [-0.3, -0.25) is 9.36 Å². The number of allylic oxidation sites excluding steroid dienone is 2. The second kappa shape index (κ2) is 18.7. The van der Waals surface area contributed by atoms with Gasteiger partial charge in [-0.1, -0.05) is 70.4 Å². The number of carbonyl (C=O) groups is 1. The van der Waals surface area contributed by atoms with Crippen LogP contribution in [0.4, 0.5) is 0 Å². The monoisotopic (exact) mass is 403 g/mol. The molecule has 0 spiro atoms. The van der Waals surface area contributed by atoms with Gasteiger partial charge in [0.25, 0.3) is 0 Å². The summed E-state index contributed by atoms with van der Waals surface area (Å²) in [5.74, 6) is -0.0154. The molecule has 1 amide bonds. The largest absolute Gasteiger partial charge is 0.356 e. The van der Waals surface area contributed by atoms with E-state index in [1.165, 1.54) is 57.8 Å². The Morgan fingerprint density at radius 3 is 1.89 bits per heavy atom. The second-order valence-corrected chi connectivity index (χ2v) is 9.20. The second-order valence-electron chi connectivity index (χ2n) is 7.43. The SMILES string of the molecule is CCCCCCCCC=CCCCCCCCC(=O)NCCCP(=O)(O)O. The average molecular weight is 404 g/mol. The highest BCUT2D eigenvalue weighted by molar-refractivity contribution is 7.51. The van der Waals surface area contributed by atoms with Crippen LogP contribution in [-0.4, -0.2) is 28.4 Å². The van der Waals surface area contributed by atoms with Crippen molar-refractivity contribution in [2.24, 2.45) is 0 Å². The van der Waals surface area contributed by atoms with Gasteiger partial charge in [0.15, 0.2) is 0 Å². The minimum absolute atomic E-state index is 0.0154. The van der Waals surface area contributed by atoms with Gasteiger partial charge in [-0.15, -0.1) is 0 Å². The fraction of sp³-hybridized carbons (Fsp3) is 0.857. The normalized spacial score (nSPS) is 12.0. The van der Waals surface area contributed by atoms with E-state index in [-0.39, 0.29) is 12.1 Å². The average Bonchev–Trinajstić information content (AvgIpc) is 2.61. The molecular weight excluding hydrogens is 361 g/mol. The molecule has 0 heterocycles. The van der Waals surface area contributed by atoms with Crippen LogP contribution in [0.5, 0.6) is 0 Å². The van der Waals surface area contributed by atoms with Crippen molar-refractivity contribution < 1.29 is 19.1 Å².